The standard InChI is InChI=1S/C30H40O8/c1-3-5-7-9-11-13-19-37-29(35)23-17-15-21(27(31)32)25-22(28(33)34)16-18-24(26(23)25)30(36)38-20-14-12-10-8-6-4-2/h15-18H,3-14,19-20H2,1-2H3,(H,31,32)(H,33,34). The molecule has 0 aliphatic heterocycles. The first kappa shape index (κ1) is 30.8. The first-order chi connectivity index (χ1) is 18.3. The number of unbranched alkanes of at least 4 members (excludes halogenated alkanes) is 10. The summed E-state index contributed by atoms with van der Waals surface area (Å²) in [5.41, 5.74) is -0.776. The zero-order chi connectivity index (χ0) is 27.9. The Hall–Kier alpha value is -3.42. The highest BCUT2D eigenvalue weighted by atomic mass is 16.5. The molecule has 0 spiro atoms. The van der Waals surface area contributed by atoms with Gasteiger partial charge in [-0.3, -0.25) is 0 Å². The van der Waals surface area contributed by atoms with Crippen LogP contribution in [0, 0.1) is 0 Å². The van der Waals surface area contributed by atoms with E-state index >= 15 is 0 Å². The summed E-state index contributed by atoms with van der Waals surface area (Å²) in [6, 6.07) is 4.88. The Balaban J connectivity index is 2.33. The molecule has 0 aliphatic rings. The van der Waals surface area contributed by atoms with Gasteiger partial charge < -0.3 is 19.7 Å². The lowest BCUT2D eigenvalue weighted by Gasteiger charge is -2.15. The van der Waals surface area contributed by atoms with Gasteiger partial charge in [0.15, 0.2) is 0 Å². The average Bonchev–Trinajstić information content (AvgIpc) is 2.90. The molecule has 38 heavy (non-hydrogen) atoms. The predicted molar refractivity (Wildman–Crippen MR) is 145 cm³/mol. The van der Waals surface area contributed by atoms with Gasteiger partial charge in [0.25, 0.3) is 0 Å². The van der Waals surface area contributed by atoms with Crippen LogP contribution in [0.25, 0.3) is 10.8 Å². The van der Waals surface area contributed by atoms with Gasteiger partial charge in [0.05, 0.1) is 35.5 Å². The quantitative estimate of drug-likeness (QED) is 0.153. The molecule has 2 aromatic carbocycles. The highest BCUT2D eigenvalue weighted by Gasteiger charge is 2.26. The van der Waals surface area contributed by atoms with Crippen LogP contribution in [0.1, 0.15) is 132 Å². The van der Waals surface area contributed by atoms with Crippen molar-refractivity contribution in [2.45, 2.75) is 90.9 Å². The van der Waals surface area contributed by atoms with E-state index in [1.807, 2.05) is 0 Å². The van der Waals surface area contributed by atoms with Crippen molar-refractivity contribution in [2.24, 2.45) is 0 Å². The molecular formula is C30H40O8. The van der Waals surface area contributed by atoms with Crippen LogP contribution < -0.4 is 0 Å². The monoisotopic (exact) mass is 528 g/mol. The van der Waals surface area contributed by atoms with Crippen molar-refractivity contribution in [2.75, 3.05) is 13.2 Å². The lowest BCUT2D eigenvalue weighted by molar-refractivity contribution is 0.0498. The van der Waals surface area contributed by atoms with Gasteiger partial charge >= 0.3 is 23.9 Å². The second-order valence-electron chi connectivity index (χ2n) is 9.49. The molecule has 0 atom stereocenters. The van der Waals surface area contributed by atoms with Crippen molar-refractivity contribution >= 4 is 34.6 Å². The third kappa shape index (κ3) is 8.85. The number of rotatable bonds is 18. The van der Waals surface area contributed by atoms with Crippen LogP contribution in [-0.4, -0.2) is 47.3 Å². The van der Waals surface area contributed by atoms with Crippen LogP contribution in [0.5, 0.6) is 0 Å². The Kier molecular flexibility index (Phi) is 13.3. The molecule has 208 valence electrons. The predicted octanol–water partition coefficient (Wildman–Crippen LogP) is 7.27. The van der Waals surface area contributed by atoms with Crippen LogP contribution in [0.4, 0.5) is 0 Å². The number of carbonyl (C=O) groups is 4. The first-order valence-electron chi connectivity index (χ1n) is 13.7. The molecule has 0 bridgehead atoms. The van der Waals surface area contributed by atoms with Crippen molar-refractivity contribution in [3.63, 3.8) is 0 Å². The summed E-state index contributed by atoms with van der Waals surface area (Å²) in [5, 5.41) is 19.2. The normalized spacial score (nSPS) is 10.9. The van der Waals surface area contributed by atoms with E-state index in [4.69, 9.17) is 9.47 Å². The molecule has 0 saturated carbocycles. The fraction of sp³-hybridized carbons (Fsp3) is 0.533. The molecule has 8 nitrogen and oxygen atoms in total. The maximum Gasteiger partial charge on any atom is 0.338 e. The number of esters is 2. The highest BCUT2D eigenvalue weighted by molar-refractivity contribution is 6.22. The number of carboxylic acid groups (broad SMARTS) is 2. The van der Waals surface area contributed by atoms with Gasteiger partial charge in [0.2, 0.25) is 0 Å². The number of benzene rings is 2. The fourth-order valence-electron chi connectivity index (χ4n) is 4.44. The number of carboxylic acids is 2. The van der Waals surface area contributed by atoms with Crippen LogP contribution in [0.2, 0.25) is 0 Å². The molecule has 8 heteroatoms. The van der Waals surface area contributed by atoms with Crippen LogP contribution in [0.15, 0.2) is 24.3 Å². The summed E-state index contributed by atoms with van der Waals surface area (Å²) in [6.45, 7) is 4.61. The maximum atomic E-state index is 13.0. The zero-order valence-corrected chi connectivity index (χ0v) is 22.6. The molecule has 0 saturated heterocycles. The van der Waals surface area contributed by atoms with Crippen molar-refractivity contribution in [1.82, 2.24) is 0 Å². The second-order valence-corrected chi connectivity index (χ2v) is 9.49. The minimum atomic E-state index is -1.37. The molecule has 0 heterocycles. The van der Waals surface area contributed by atoms with Gasteiger partial charge in [-0.25, -0.2) is 19.2 Å². The summed E-state index contributed by atoms with van der Waals surface area (Å²) in [5.74, 6) is -4.23. The molecule has 2 N–H and O–H groups in total. The minimum Gasteiger partial charge on any atom is -0.478 e. The molecule has 0 aliphatic carbocycles. The highest BCUT2D eigenvalue weighted by Crippen LogP contribution is 2.31. The van der Waals surface area contributed by atoms with Gasteiger partial charge in [-0.15, -0.1) is 0 Å². The van der Waals surface area contributed by atoms with Crippen molar-refractivity contribution in [1.29, 1.82) is 0 Å². The van der Waals surface area contributed by atoms with Gasteiger partial charge in [-0.1, -0.05) is 78.1 Å². The summed E-state index contributed by atoms with van der Waals surface area (Å²) in [7, 11) is 0. The van der Waals surface area contributed by atoms with Crippen molar-refractivity contribution < 1.29 is 38.9 Å². The summed E-state index contributed by atoms with van der Waals surface area (Å²) < 4.78 is 10.9. The Bertz CT molecular complexity index is 1020. The van der Waals surface area contributed by atoms with Crippen molar-refractivity contribution in [3.8, 4) is 0 Å². The number of carbonyl (C=O) groups excluding carboxylic acids is 2. The molecule has 0 fully saturated rings. The van der Waals surface area contributed by atoms with Crippen molar-refractivity contribution in [3.05, 3.63) is 46.5 Å². The topological polar surface area (TPSA) is 127 Å². The lowest BCUT2D eigenvalue weighted by Crippen LogP contribution is -2.15. The molecule has 0 amide bonds. The lowest BCUT2D eigenvalue weighted by atomic mass is 9.91. The molecule has 0 unspecified atom stereocenters. The van der Waals surface area contributed by atoms with Gasteiger partial charge in [0.1, 0.15) is 0 Å². The number of ether oxygens (including phenoxy) is 2. The number of aromatic carboxylic acids is 2. The van der Waals surface area contributed by atoms with E-state index in [-0.39, 0.29) is 46.2 Å². The first-order valence-corrected chi connectivity index (χ1v) is 13.7. The van der Waals surface area contributed by atoms with E-state index < -0.39 is 23.9 Å². The number of hydrogen-bond acceptors (Lipinski definition) is 6. The van der Waals surface area contributed by atoms with E-state index in [9.17, 15) is 29.4 Å². The number of hydrogen-bond donors (Lipinski definition) is 2. The Labute approximate surface area is 224 Å². The van der Waals surface area contributed by atoms with Gasteiger partial charge in [-0.05, 0) is 37.1 Å². The smallest absolute Gasteiger partial charge is 0.338 e. The Morgan fingerprint density at radius 1 is 0.526 bits per heavy atom. The minimum absolute atomic E-state index is 0.0643. The maximum absolute atomic E-state index is 13.0. The molecule has 0 aromatic heterocycles. The fourth-order valence-corrected chi connectivity index (χ4v) is 4.44. The molecule has 2 aromatic rings. The van der Waals surface area contributed by atoms with E-state index in [0.717, 1.165) is 64.2 Å². The average molecular weight is 529 g/mol. The Morgan fingerprint density at radius 3 is 1.21 bits per heavy atom. The second kappa shape index (κ2) is 16.4. The summed E-state index contributed by atoms with van der Waals surface area (Å²) in [4.78, 5) is 50.0. The largest absolute Gasteiger partial charge is 0.478 e. The Morgan fingerprint density at radius 2 is 0.842 bits per heavy atom. The molecule has 2 rings (SSSR count). The van der Waals surface area contributed by atoms with Gasteiger partial charge in [0, 0.05) is 10.8 Å². The zero-order valence-electron chi connectivity index (χ0n) is 22.6. The van der Waals surface area contributed by atoms with Crippen LogP contribution in [-0.2, 0) is 9.47 Å². The van der Waals surface area contributed by atoms with Crippen LogP contribution in [0.3, 0.4) is 0 Å². The van der Waals surface area contributed by atoms with E-state index in [0.29, 0.717) is 12.8 Å². The van der Waals surface area contributed by atoms with Gasteiger partial charge in [-0.2, -0.15) is 0 Å². The van der Waals surface area contributed by atoms with E-state index in [1.165, 1.54) is 24.3 Å². The summed E-state index contributed by atoms with van der Waals surface area (Å²) >= 11 is 0. The molecule has 0 radical (unpaired) electrons. The number of fused-ring (bicyclic) bond motifs is 1. The SMILES string of the molecule is CCCCCCCCOC(=O)c1ccc(C(=O)O)c2c(C(=O)O)ccc(C(=O)OCCCCCCCC)c12. The van der Waals surface area contributed by atoms with Crippen LogP contribution >= 0.6 is 0 Å². The summed E-state index contributed by atoms with van der Waals surface area (Å²) in [6.07, 6.45) is 12.1. The third-order valence-electron chi connectivity index (χ3n) is 6.52. The molecular weight excluding hydrogens is 488 g/mol. The van der Waals surface area contributed by atoms with E-state index in [1.54, 1.807) is 0 Å². The van der Waals surface area contributed by atoms with E-state index in [2.05, 4.69) is 13.8 Å². The third-order valence-corrected chi connectivity index (χ3v) is 6.52.